The van der Waals surface area contributed by atoms with Gasteiger partial charge in [0.25, 0.3) is 0 Å². The molecule has 0 spiro atoms. The third kappa shape index (κ3) is 5.19. The lowest BCUT2D eigenvalue weighted by atomic mass is 10.2. The fraction of sp³-hybridized carbons (Fsp3) is 1.00. The molecule has 0 N–H and O–H groups in total. The molecular weight excluding hydrogens is 415 g/mol. The molecule has 92 valence electrons. The molecule has 0 unspecified atom stereocenters. The van der Waals surface area contributed by atoms with Gasteiger partial charge in [0.1, 0.15) is 0 Å². The predicted molar refractivity (Wildman–Crippen MR) is 74.1 cm³/mol. The molecule has 0 aliphatic carbocycles. The topological polar surface area (TPSA) is 0 Å². The Morgan fingerprint density at radius 1 is 0.467 bits per heavy atom. The van der Waals surface area contributed by atoms with Gasteiger partial charge in [-0.3, -0.25) is 0 Å². The Balaban J connectivity index is 4.89. The third-order valence-corrected chi connectivity index (χ3v) is 6.04. The van der Waals surface area contributed by atoms with E-state index in [9.17, 15) is 0 Å². The second-order valence-corrected chi connectivity index (χ2v) is 10.1. The highest BCUT2D eigenvalue weighted by molar-refractivity contribution is 6.77. The zero-order valence-electron chi connectivity index (χ0n) is 6.49. The van der Waals surface area contributed by atoms with Crippen molar-refractivity contribution in [3.05, 3.63) is 0 Å². The van der Waals surface area contributed by atoms with Crippen LogP contribution >= 0.6 is 116 Å². The molecule has 15 heavy (non-hydrogen) atoms. The molecule has 0 rings (SSSR count). The molecule has 0 atom stereocenters. The van der Waals surface area contributed by atoms with Gasteiger partial charge in [0.15, 0.2) is 8.67 Å². The maximum Gasteiger partial charge on any atom is 0.223 e. The summed E-state index contributed by atoms with van der Waals surface area (Å²) in [5.41, 5.74) is 0. The smallest absolute Gasteiger partial charge is 0.0967 e. The van der Waals surface area contributed by atoms with Gasteiger partial charge in [0.2, 0.25) is 7.59 Å². The minimum Gasteiger partial charge on any atom is -0.0967 e. The summed E-state index contributed by atoms with van der Waals surface area (Å²) in [6, 6.07) is 0. The van der Waals surface area contributed by atoms with Crippen molar-refractivity contribution < 1.29 is 0 Å². The monoisotopic (exact) mass is 412 g/mol. The molecule has 0 saturated heterocycles. The van der Waals surface area contributed by atoms with E-state index in [-0.39, 0.29) is 0 Å². The van der Waals surface area contributed by atoms with Crippen LogP contribution in [0, 0.1) is 0 Å². The van der Waals surface area contributed by atoms with E-state index in [1.807, 2.05) is 0 Å². The number of hydrogen-bond donors (Lipinski definition) is 0. The first-order chi connectivity index (χ1) is 6.21. The van der Waals surface area contributed by atoms with Crippen LogP contribution in [0.25, 0.3) is 0 Å². The van der Waals surface area contributed by atoms with Crippen molar-refractivity contribution in [2.24, 2.45) is 0 Å². The summed E-state index contributed by atoms with van der Waals surface area (Å²) in [6.07, 6.45) is -0.459. The van der Waals surface area contributed by atoms with E-state index in [2.05, 4.69) is 0 Å². The highest BCUT2D eigenvalue weighted by Gasteiger charge is 2.56. The molecule has 0 nitrogen and oxygen atoms in total. The molecule has 0 radical (unpaired) electrons. The zero-order valence-corrected chi connectivity index (χ0v) is 14.0. The van der Waals surface area contributed by atoms with Gasteiger partial charge in [-0.15, -0.1) is 0 Å². The first kappa shape index (κ1) is 17.9. The van der Waals surface area contributed by atoms with Crippen LogP contribution in [-0.2, 0) is 0 Å². The van der Waals surface area contributed by atoms with E-state index in [1.165, 1.54) is 0 Å². The van der Waals surface area contributed by atoms with Gasteiger partial charge in [-0.1, -0.05) is 116 Å². The fourth-order valence-corrected chi connectivity index (χ4v) is 1.96. The van der Waals surface area contributed by atoms with Gasteiger partial charge in [0.05, 0.1) is 0 Å². The quantitative estimate of drug-likeness (QED) is 0.453. The van der Waals surface area contributed by atoms with E-state index in [0.29, 0.717) is 0 Å². The second-order valence-electron chi connectivity index (χ2n) is 2.58. The highest BCUT2D eigenvalue weighted by Crippen LogP contribution is 2.57. The average molecular weight is 417 g/mol. The van der Waals surface area contributed by atoms with Crippen molar-refractivity contribution in [2.75, 3.05) is 0 Å². The van der Waals surface area contributed by atoms with Crippen LogP contribution in [-0.4, -0.2) is 16.3 Å². The van der Waals surface area contributed by atoms with Gasteiger partial charge < -0.3 is 0 Å². The number of rotatable bonds is 2. The molecule has 10 heteroatoms. The zero-order chi connectivity index (χ0) is 12.7. The Kier molecular flexibility index (Phi) is 6.55. The number of halogens is 10. The van der Waals surface area contributed by atoms with E-state index >= 15 is 0 Å². The Bertz CT molecular complexity index is 195. The van der Waals surface area contributed by atoms with Crippen LogP contribution in [0.5, 0.6) is 0 Å². The first-order valence-electron chi connectivity index (χ1n) is 3.10. The highest BCUT2D eigenvalue weighted by atomic mass is 35.6. The lowest BCUT2D eigenvalue weighted by Gasteiger charge is -2.35. The molecule has 0 aromatic carbocycles. The van der Waals surface area contributed by atoms with Crippen molar-refractivity contribution in [2.45, 2.75) is 22.7 Å². The minimum atomic E-state index is -2.03. The summed E-state index contributed by atoms with van der Waals surface area (Å²) < 4.78 is -7.85. The summed E-state index contributed by atoms with van der Waals surface area (Å²) in [5.74, 6) is 0. The Hall–Kier alpha value is 2.90. The van der Waals surface area contributed by atoms with Crippen molar-refractivity contribution in [3.8, 4) is 0 Å². The largest absolute Gasteiger partial charge is 0.223 e. The van der Waals surface area contributed by atoms with Crippen LogP contribution in [0.4, 0.5) is 0 Å². The summed E-state index contributed by atoms with van der Waals surface area (Å²) in [5, 5.41) is 0. The summed E-state index contributed by atoms with van der Waals surface area (Å²) >= 11 is 55.9. The van der Waals surface area contributed by atoms with Gasteiger partial charge in [0, 0.05) is 6.42 Å². The normalized spacial score (nSPS) is 15.6. The molecule has 0 bridgehead atoms. The van der Waals surface area contributed by atoms with Gasteiger partial charge >= 0.3 is 0 Å². The second kappa shape index (κ2) is 5.49. The number of alkyl halides is 10. The van der Waals surface area contributed by atoms with E-state index in [0.717, 1.165) is 0 Å². The standard InChI is InChI=1S/C5H2Cl10/c6-2(7,4(10,11)12)1-3(8,9)5(13,14)15/h1H2. The first-order valence-corrected chi connectivity index (χ1v) is 6.88. The lowest BCUT2D eigenvalue weighted by molar-refractivity contribution is 0.629. The van der Waals surface area contributed by atoms with Crippen molar-refractivity contribution in [3.63, 3.8) is 0 Å². The van der Waals surface area contributed by atoms with Crippen LogP contribution in [0.2, 0.25) is 0 Å². The third-order valence-electron chi connectivity index (χ3n) is 1.27. The molecule has 0 aromatic rings. The average Bonchev–Trinajstić information content (AvgIpc) is 1.77. The minimum absolute atomic E-state index is 0.459. The van der Waals surface area contributed by atoms with Gasteiger partial charge in [-0.05, 0) is 0 Å². The SMILES string of the molecule is ClC(Cl)(Cl)C(Cl)(Cl)CC(Cl)(Cl)C(Cl)(Cl)Cl. The molecule has 0 fully saturated rings. The summed E-state index contributed by atoms with van der Waals surface area (Å²) in [6.45, 7) is 0. The van der Waals surface area contributed by atoms with Crippen LogP contribution in [0.1, 0.15) is 6.42 Å². The molecule has 0 amide bonds. The van der Waals surface area contributed by atoms with E-state index in [1.54, 1.807) is 0 Å². The Labute approximate surface area is 137 Å². The van der Waals surface area contributed by atoms with Crippen molar-refractivity contribution >= 4 is 116 Å². The Morgan fingerprint density at radius 3 is 0.800 bits per heavy atom. The van der Waals surface area contributed by atoms with E-state index < -0.39 is 22.7 Å². The summed E-state index contributed by atoms with van der Waals surface area (Å²) in [7, 11) is 0. The molecule has 0 aliphatic heterocycles. The predicted octanol–water partition coefficient (Wildman–Crippen LogP) is 6.46. The maximum atomic E-state index is 5.73. The van der Waals surface area contributed by atoms with Crippen LogP contribution in [0.15, 0.2) is 0 Å². The maximum absolute atomic E-state index is 5.73. The van der Waals surface area contributed by atoms with Gasteiger partial charge in [-0.25, -0.2) is 0 Å². The van der Waals surface area contributed by atoms with Gasteiger partial charge in [-0.2, -0.15) is 0 Å². The summed E-state index contributed by atoms with van der Waals surface area (Å²) in [4.78, 5) is 0. The molecule has 0 aromatic heterocycles. The molecule has 0 heterocycles. The van der Waals surface area contributed by atoms with Crippen molar-refractivity contribution in [1.29, 1.82) is 0 Å². The van der Waals surface area contributed by atoms with Crippen LogP contribution < -0.4 is 0 Å². The van der Waals surface area contributed by atoms with E-state index in [4.69, 9.17) is 116 Å². The van der Waals surface area contributed by atoms with Crippen LogP contribution in [0.3, 0.4) is 0 Å². The Morgan fingerprint density at radius 2 is 0.667 bits per heavy atom. The fourth-order valence-electron chi connectivity index (χ4n) is 0.479. The molecule has 0 saturated carbocycles. The molecule has 0 aliphatic rings. The lowest BCUT2D eigenvalue weighted by Crippen LogP contribution is -2.42. The van der Waals surface area contributed by atoms with Crippen molar-refractivity contribution in [1.82, 2.24) is 0 Å². The molecular formula is C5H2Cl10. The number of hydrogen-bond acceptors (Lipinski definition) is 0.